The number of benzene rings is 3. The van der Waals surface area contributed by atoms with E-state index < -0.39 is 17.7 Å². The van der Waals surface area contributed by atoms with Crippen molar-refractivity contribution in [2.24, 2.45) is 0 Å². The second-order valence-corrected chi connectivity index (χ2v) is 9.30. The fourth-order valence-corrected chi connectivity index (χ4v) is 4.71. The molecule has 3 aromatic rings. The zero-order valence-electron chi connectivity index (χ0n) is 22.7. The summed E-state index contributed by atoms with van der Waals surface area (Å²) in [7, 11) is 1.55. The van der Waals surface area contributed by atoms with Crippen LogP contribution in [0.2, 0.25) is 0 Å². The molecule has 0 aliphatic carbocycles. The maximum atomic E-state index is 13.4. The Balaban J connectivity index is 1.79. The zero-order chi connectivity index (χ0) is 27.8. The van der Waals surface area contributed by atoms with Gasteiger partial charge in [-0.2, -0.15) is 0 Å². The fourth-order valence-electron chi connectivity index (χ4n) is 4.71. The Morgan fingerprint density at radius 2 is 1.72 bits per heavy atom. The minimum absolute atomic E-state index is 0.0309. The first kappa shape index (κ1) is 27.8. The van der Waals surface area contributed by atoms with Gasteiger partial charge in [0.2, 0.25) is 0 Å². The van der Waals surface area contributed by atoms with Crippen molar-refractivity contribution in [1.29, 1.82) is 0 Å². The number of ketones is 1. The van der Waals surface area contributed by atoms with Crippen LogP contribution in [0.3, 0.4) is 0 Å². The lowest BCUT2D eigenvalue weighted by Gasteiger charge is -2.26. The summed E-state index contributed by atoms with van der Waals surface area (Å²) in [5.41, 5.74) is 2.12. The molecule has 1 N–H and O–H groups in total. The van der Waals surface area contributed by atoms with Crippen molar-refractivity contribution in [2.75, 3.05) is 26.9 Å². The summed E-state index contributed by atoms with van der Waals surface area (Å²) in [6.45, 7) is 5.27. The first-order valence-corrected chi connectivity index (χ1v) is 13.3. The molecule has 1 saturated heterocycles. The van der Waals surface area contributed by atoms with Gasteiger partial charge in [-0.25, -0.2) is 0 Å². The number of Topliss-reactive ketones (excluding diaryl/α,β-unsaturated/α-hetero) is 1. The SMILES string of the molecule is CCCCOc1ccc(C2C(=C(O)c3cccc(OCC)c3)C(=O)C(=O)N2CCc2ccccc2)cc1OC. The van der Waals surface area contributed by atoms with Gasteiger partial charge in [0.1, 0.15) is 11.5 Å². The molecule has 4 rings (SSSR count). The molecular weight excluding hydrogens is 494 g/mol. The van der Waals surface area contributed by atoms with E-state index in [1.54, 1.807) is 43.5 Å². The molecule has 1 heterocycles. The van der Waals surface area contributed by atoms with E-state index in [0.717, 1.165) is 18.4 Å². The quantitative estimate of drug-likeness (QED) is 0.135. The van der Waals surface area contributed by atoms with E-state index in [4.69, 9.17) is 14.2 Å². The number of nitrogens with zero attached hydrogens (tertiary/aromatic N) is 1. The molecule has 0 saturated carbocycles. The molecule has 0 bridgehead atoms. The van der Waals surface area contributed by atoms with Gasteiger partial charge < -0.3 is 24.2 Å². The highest BCUT2D eigenvalue weighted by atomic mass is 16.5. The molecule has 0 aromatic heterocycles. The molecule has 39 heavy (non-hydrogen) atoms. The number of ether oxygens (including phenoxy) is 3. The van der Waals surface area contributed by atoms with Crippen LogP contribution in [0.1, 0.15) is 49.4 Å². The van der Waals surface area contributed by atoms with Crippen LogP contribution in [0.25, 0.3) is 5.76 Å². The number of carbonyl (C=O) groups is 2. The predicted octanol–water partition coefficient (Wildman–Crippen LogP) is 5.94. The minimum Gasteiger partial charge on any atom is -0.507 e. The van der Waals surface area contributed by atoms with Crippen molar-refractivity contribution in [3.05, 3.63) is 95.1 Å². The van der Waals surface area contributed by atoms with Gasteiger partial charge in [0.05, 0.1) is 31.9 Å². The molecule has 7 nitrogen and oxygen atoms in total. The summed E-state index contributed by atoms with van der Waals surface area (Å²) in [6.07, 6.45) is 2.46. The normalized spacial score (nSPS) is 16.4. The lowest BCUT2D eigenvalue weighted by molar-refractivity contribution is -0.139. The third kappa shape index (κ3) is 6.25. The third-order valence-electron chi connectivity index (χ3n) is 6.70. The maximum Gasteiger partial charge on any atom is 0.295 e. The van der Waals surface area contributed by atoms with Gasteiger partial charge in [-0.05, 0) is 55.2 Å². The van der Waals surface area contributed by atoms with Crippen LogP contribution in [0.5, 0.6) is 17.2 Å². The van der Waals surface area contributed by atoms with Gasteiger partial charge in [0, 0.05) is 12.1 Å². The fraction of sp³-hybridized carbons (Fsp3) is 0.312. The van der Waals surface area contributed by atoms with E-state index in [2.05, 4.69) is 6.92 Å². The molecule has 1 atom stereocenters. The molecule has 1 fully saturated rings. The number of amides is 1. The van der Waals surface area contributed by atoms with Gasteiger partial charge in [0.15, 0.2) is 11.5 Å². The van der Waals surface area contributed by atoms with Crippen LogP contribution in [0.15, 0.2) is 78.4 Å². The number of unbranched alkanes of at least 4 members (excludes halogenated alkanes) is 1. The summed E-state index contributed by atoms with van der Waals surface area (Å²) in [6, 6.07) is 21.2. The number of hydrogen-bond acceptors (Lipinski definition) is 6. The Bertz CT molecular complexity index is 1330. The largest absolute Gasteiger partial charge is 0.507 e. The van der Waals surface area contributed by atoms with Crippen molar-refractivity contribution in [3.8, 4) is 17.2 Å². The van der Waals surface area contributed by atoms with Crippen molar-refractivity contribution in [1.82, 2.24) is 4.90 Å². The molecule has 204 valence electrons. The summed E-state index contributed by atoms with van der Waals surface area (Å²) in [5, 5.41) is 11.4. The Labute approximate surface area is 229 Å². The molecule has 1 unspecified atom stereocenters. The van der Waals surface area contributed by atoms with Crippen LogP contribution in [0.4, 0.5) is 0 Å². The molecular formula is C32H35NO6. The lowest BCUT2D eigenvalue weighted by atomic mass is 9.94. The monoisotopic (exact) mass is 529 g/mol. The predicted molar refractivity (Wildman–Crippen MR) is 150 cm³/mol. The molecule has 1 amide bonds. The summed E-state index contributed by atoms with van der Waals surface area (Å²) in [5.74, 6) is 0.0160. The molecule has 7 heteroatoms. The Hall–Kier alpha value is -4.26. The second-order valence-electron chi connectivity index (χ2n) is 9.30. The number of methoxy groups -OCH3 is 1. The topological polar surface area (TPSA) is 85.3 Å². The Morgan fingerprint density at radius 3 is 2.44 bits per heavy atom. The highest BCUT2D eigenvalue weighted by molar-refractivity contribution is 6.46. The van der Waals surface area contributed by atoms with E-state index in [9.17, 15) is 14.7 Å². The average Bonchev–Trinajstić information content (AvgIpc) is 3.21. The first-order valence-electron chi connectivity index (χ1n) is 13.3. The molecule has 0 radical (unpaired) electrons. The molecule has 0 spiro atoms. The second kappa shape index (κ2) is 13.0. The Kier molecular flexibility index (Phi) is 9.26. The standard InChI is InChI=1S/C32H35NO6/c1-4-6-19-39-26-16-15-23(21-27(26)37-3)29-28(30(34)24-13-10-14-25(20-24)38-5-2)31(35)32(36)33(29)18-17-22-11-8-7-9-12-22/h7-16,20-21,29,34H,4-6,17-19H2,1-3H3. The number of carbonyl (C=O) groups excluding carboxylic acids is 2. The van der Waals surface area contributed by atoms with Gasteiger partial charge in [0.25, 0.3) is 11.7 Å². The van der Waals surface area contributed by atoms with Crippen molar-refractivity contribution >= 4 is 17.4 Å². The highest BCUT2D eigenvalue weighted by Crippen LogP contribution is 2.42. The van der Waals surface area contributed by atoms with Crippen LogP contribution < -0.4 is 14.2 Å². The van der Waals surface area contributed by atoms with Crippen molar-refractivity contribution in [3.63, 3.8) is 0 Å². The average molecular weight is 530 g/mol. The van der Waals surface area contributed by atoms with E-state index in [1.807, 2.05) is 43.3 Å². The van der Waals surface area contributed by atoms with Crippen LogP contribution in [0, 0.1) is 0 Å². The van der Waals surface area contributed by atoms with E-state index in [-0.39, 0.29) is 11.3 Å². The van der Waals surface area contributed by atoms with Gasteiger partial charge in [-0.15, -0.1) is 0 Å². The summed E-state index contributed by atoms with van der Waals surface area (Å²) in [4.78, 5) is 28.3. The number of aliphatic hydroxyl groups is 1. The smallest absolute Gasteiger partial charge is 0.295 e. The number of rotatable bonds is 12. The van der Waals surface area contributed by atoms with Gasteiger partial charge in [-0.3, -0.25) is 9.59 Å². The summed E-state index contributed by atoms with van der Waals surface area (Å²) < 4.78 is 17.1. The van der Waals surface area contributed by atoms with Crippen LogP contribution in [-0.4, -0.2) is 48.6 Å². The minimum atomic E-state index is -0.803. The van der Waals surface area contributed by atoms with E-state index >= 15 is 0 Å². The van der Waals surface area contributed by atoms with Gasteiger partial charge >= 0.3 is 0 Å². The number of likely N-dealkylation sites (tertiary alicyclic amines) is 1. The Morgan fingerprint density at radius 1 is 0.923 bits per heavy atom. The van der Waals surface area contributed by atoms with Crippen LogP contribution >= 0.6 is 0 Å². The third-order valence-corrected chi connectivity index (χ3v) is 6.70. The van der Waals surface area contributed by atoms with Crippen molar-refractivity contribution in [2.45, 2.75) is 39.2 Å². The number of aliphatic hydroxyl groups excluding tert-OH is 1. The van der Waals surface area contributed by atoms with Crippen molar-refractivity contribution < 1.29 is 28.9 Å². The van der Waals surface area contributed by atoms with Crippen LogP contribution in [-0.2, 0) is 16.0 Å². The zero-order valence-corrected chi connectivity index (χ0v) is 22.7. The lowest BCUT2D eigenvalue weighted by Crippen LogP contribution is -2.31. The maximum absolute atomic E-state index is 13.4. The molecule has 1 aliphatic rings. The number of hydrogen-bond donors (Lipinski definition) is 1. The van der Waals surface area contributed by atoms with Gasteiger partial charge in [-0.1, -0.05) is 61.9 Å². The van der Waals surface area contributed by atoms with E-state index in [0.29, 0.717) is 54.6 Å². The van der Waals surface area contributed by atoms with E-state index in [1.165, 1.54) is 4.90 Å². The molecule has 3 aromatic carbocycles. The molecule has 1 aliphatic heterocycles. The highest BCUT2D eigenvalue weighted by Gasteiger charge is 2.46. The first-order chi connectivity index (χ1) is 19.0. The summed E-state index contributed by atoms with van der Waals surface area (Å²) >= 11 is 0.